The van der Waals surface area contributed by atoms with E-state index in [0.29, 0.717) is 5.82 Å². The summed E-state index contributed by atoms with van der Waals surface area (Å²) in [6.07, 6.45) is 2.00. The Labute approximate surface area is 127 Å². The molecular formula is C16H17N5O. The maximum atomic E-state index is 12.0. The number of benzene rings is 1. The first kappa shape index (κ1) is 14.1. The van der Waals surface area contributed by atoms with E-state index in [1.807, 2.05) is 61.1 Å². The van der Waals surface area contributed by atoms with Gasteiger partial charge in [-0.15, -0.1) is 0 Å². The lowest BCUT2D eigenvalue weighted by Crippen LogP contribution is -2.22. The molecule has 2 N–H and O–H groups in total. The molecule has 0 aliphatic rings. The Hall–Kier alpha value is -2.89. The molecule has 3 aromatic rings. The highest BCUT2D eigenvalue weighted by Crippen LogP contribution is 2.14. The fourth-order valence-corrected chi connectivity index (χ4v) is 2.30. The van der Waals surface area contributed by atoms with Crippen LogP contribution in [-0.4, -0.2) is 26.2 Å². The summed E-state index contributed by atoms with van der Waals surface area (Å²) in [5.41, 5.74) is 6.07. The zero-order valence-electron chi connectivity index (χ0n) is 12.5. The van der Waals surface area contributed by atoms with Crippen molar-refractivity contribution in [3.63, 3.8) is 0 Å². The number of para-hydroxylation sites is 2. The van der Waals surface area contributed by atoms with E-state index in [9.17, 15) is 4.79 Å². The number of aryl methyl sites for hydroxylation is 1. The maximum absolute atomic E-state index is 12.0. The Morgan fingerprint density at radius 1 is 1.32 bits per heavy atom. The van der Waals surface area contributed by atoms with Crippen LogP contribution in [0.15, 0.2) is 47.7 Å². The topological polar surface area (TPSA) is 75.1 Å². The number of fused-ring (bicyclic) bond motifs is 1. The number of aromatic amines is 1. The molecule has 0 saturated heterocycles. The van der Waals surface area contributed by atoms with Gasteiger partial charge in [-0.05, 0) is 31.2 Å². The van der Waals surface area contributed by atoms with Crippen molar-refractivity contribution in [2.75, 3.05) is 0 Å². The summed E-state index contributed by atoms with van der Waals surface area (Å²) >= 11 is 0. The second-order valence-electron chi connectivity index (χ2n) is 5.07. The highest BCUT2D eigenvalue weighted by atomic mass is 16.2. The predicted molar refractivity (Wildman–Crippen MR) is 85.6 cm³/mol. The van der Waals surface area contributed by atoms with Crippen molar-refractivity contribution in [2.24, 2.45) is 12.1 Å². The lowest BCUT2D eigenvalue weighted by atomic mass is 10.3. The Kier molecular flexibility index (Phi) is 3.74. The molecule has 0 bridgehead atoms. The van der Waals surface area contributed by atoms with Gasteiger partial charge < -0.3 is 9.55 Å². The minimum Gasteiger partial charge on any atom is -0.360 e. The smallest absolute Gasteiger partial charge is 0.247 e. The maximum Gasteiger partial charge on any atom is 0.247 e. The lowest BCUT2D eigenvalue weighted by Gasteiger charge is -2.03. The molecule has 22 heavy (non-hydrogen) atoms. The van der Waals surface area contributed by atoms with E-state index in [1.165, 1.54) is 0 Å². The number of hydrazone groups is 1. The summed E-state index contributed by atoms with van der Waals surface area (Å²) in [5.74, 6) is 0.524. The molecule has 0 saturated carbocycles. The van der Waals surface area contributed by atoms with E-state index in [2.05, 4.69) is 20.5 Å². The van der Waals surface area contributed by atoms with Crippen LogP contribution in [0.5, 0.6) is 0 Å². The SMILES string of the molecule is CC(=NNC(=O)Cc1nc2ccccc2n1C)c1ccc[nH]1. The third kappa shape index (κ3) is 2.76. The fraction of sp³-hybridized carbons (Fsp3) is 0.188. The number of rotatable bonds is 4. The van der Waals surface area contributed by atoms with E-state index in [4.69, 9.17) is 0 Å². The third-order valence-electron chi connectivity index (χ3n) is 3.53. The van der Waals surface area contributed by atoms with Gasteiger partial charge in [0.2, 0.25) is 5.91 Å². The molecule has 6 heteroatoms. The number of H-pyrrole nitrogens is 1. The molecular weight excluding hydrogens is 278 g/mol. The molecule has 0 fully saturated rings. The number of hydrogen-bond acceptors (Lipinski definition) is 3. The molecule has 0 spiro atoms. The second-order valence-corrected chi connectivity index (χ2v) is 5.07. The molecule has 112 valence electrons. The van der Waals surface area contributed by atoms with Gasteiger partial charge in [-0.25, -0.2) is 10.4 Å². The van der Waals surface area contributed by atoms with Gasteiger partial charge in [0.15, 0.2) is 0 Å². The molecule has 1 aromatic carbocycles. The van der Waals surface area contributed by atoms with Gasteiger partial charge in [0.1, 0.15) is 5.82 Å². The molecule has 1 amide bonds. The molecule has 0 aliphatic carbocycles. The van der Waals surface area contributed by atoms with E-state index in [-0.39, 0.29) is 12.3 Å². The van der Waals surface area contributed by atoms with Crippen molar-refractivity contribution in [2.45, 2.75) is 13.3 Å². The quantitative estimate of drug-likeness (QED) is 0.570. The van der Waals surface area contributed by atoms with E-state index >= 15 is 0 Å². The van der Waals surface area contributed by atoms with Gasteiger partial charge in [-0.1, -0.05) is 12.1 Å². The van der Waals surface area contributed by atoms with Crippen LogP contribution in [0.3, 0.4) is 0 Å². The van der Waals surface area contributed by atoms with Crippen molar-refractivity contribution in [3.05, 3.63) is 54.1 Å². The number of carbonyl (C=O) groups excluding carboxylic acids is 1. The predicted octanol–water partition coefficient (Wildman–Crippen LogP) is 1.98. The zero-order valence-corrected chi connectivity index (χ0v) is 12.5. The third-order valence-corrected chi connectivity index (χ3v) is 3.53. The van der Waals surface area contributed by atoms with Gasteiger partial charge in [0.05, 0.1) is 28.9 Å². The van der Waals surface area contributed by atoms with Gasteiger partial charge >= 0.3 is 0 Å². The monoisotopic (exact) mass is 295 g/mol. The largest absolute Gasteiger partial charge is 0.360 e. The molecule has 0 aliphatic heterocycles. The summed E-state index contributed by atoms with van der Waals surface area (Å²) in [5, 5.41) is 4.10. The van der Waals surface area contributed by atoms with Gasteiger partial charge in [-0.2, -0.15) is 5.10 Å². The van der Waals surface area contributed by atoms with E-state index < -0.39 is 0 Å². The molecule has 2 aromatic heterocycles. The number of imidazole rings is 1. The molecule has 0 unspecified atom stereocenters. The number of amides is 1. The first-order valence-electron chi connectivity index (χ1n) is 7.02. The fourth-order valence-electron chi connectivity index (χ4n) is 2.30. The van der Waals surface area contributed by atoms with Crippen molar-refractivity contribution < 1.29 is 4.79 Å². The van der Waals surface area contributed by atoms with Crippen LogP contribution in [0, 0.1) is 0 Å². The van der Waals surface area contributed by atoms with Crippen LogP contribution in [0.4, 0.5) is 0 Å². The molecule has 3 rings (SSSR count). The summed E-state index contributed by atoms with van der Waals surface area (Å²) in [7, 11) is 1.91. The van der Waals surface area contributed by atoms with E-state index in [1.54, 1.807) is 0 Å². The second kappa shape index (κ2) is 5.85. The van der Waals surface area contributed by atoms with Gasteiger partial charge in [0.25, 0.3) is 0 Å². The van der Waals surface area contributed by atoms with Crippen LogP contribution in [-0.2, 0) is 18.3 Å². The lowest BCUT2D eigenvalue weighted by molar-refractivity contribution is -0.120. The number of nitrogens with one attached hydrogen (secondary N) is 2. The van der Waals surface area contributed by atoms with Crippen molar-refractivity contribution >= 4 is 22.7 Å². The normalized spacial score (nSPS) is 11.8. The van der Waals surface area contributed by atoms with Crippen LogP contribution in [0.1, 0.15) is 18.4 Å². The number of nitrogens with zero attached hydrogens (tertiary/aromatic N) is 3. The van der Waals surface area contributed by atoms with Gasteiger partial charge in [-0.3, -0.25) is 4.79 Å². The minimum atomic E-state index is -0.190. The molecule has 2 heterocycles. The number of aromatic nitrogens is 3. The Morgan fingerprint density at radius 3 is 2.86 bits per heavy atom. The van der Waals surface area contributed by atoms with E-state index in [0.717, 1.165) is 22.4 Å². The summed E-state index contributed by atoms with van der Waals surface area (Å²) in [4.78, 5) is 19.5. The number of carbonyl (C=O) groups is 1. The first-order valence-corrected chi connectivity index (χ1v) is 7.02. The van der Waals surface area contributed by atoms with Crippen molar-refractivity contribution in [3.8, 4) is 0 Å². The van der Waals surface area contributed by atoms with Crippen LogP contribution >= 0.6 is 0 Å². The average molecular weight is 295 g/mol. The summed E-state index contributed by atoms with van der Waals surface area (Å²) in [6.45, 7) is 1.83. The van der Waals surface area contributed by atoms with Crippen molar-refractivity contribution in [1.82, 2.24) is 20.0 Å². The Morgan fingerprint density at radius 2 is 2.14 bits per heavy atom. The zero-order chi connectivity index (χ0) is 15.5. The average Bonchev–Trinajstić information content (AvgIpc) is 3.15. The summed E-state index contributed by atoms with van der Waals surface area (Å²) < 4.78 is 1.93. The highest BCUT2D eigenvalue weighted by Gasteiger charge is 2.11. The molecule has 0 atom stereocenters. The number of hydrogen-bond donors (Lipinski definition) is 2. The molecule has 0 radical (unpaired) electrons. The van der Waals surface area contributed by atoms with Crippen molar-refractivity contribution in [1.29, 1.82) is 0 Å². The van der Waals surface area contributed by atoms with Crippen LogP contribution in [0.25, 0.3) is 11.0 Å². The Bertz CT molecular complexity index is 829. The minimum absolute atomic E-state index is 0.187. The standard InChI is InChI=1S/C16H17N5O/c1-11(12-7-5-9-17-12)19-20-16(22)10-15-18-13-6-3-4-8-14(13)21(15)2/h3-9,17H,10H2,1-2H3,(H,20,22). The van der Waals surface area contributed by atoms with Crippen LogP contribution in [0.2, 0.25) is 0 Å². The molecule has 6 nitrogen and oxygen atoms in total. The highest BCUT2D eigenvalue weighted by molar-refractivity contribution is 5.97. The summed E-state index contributed by atoms with van der Waals surface area (Å²) in [6, 6.07) is 11.6. The van der Waals surface area contributed by atoms with Crippen LogP contribution < -0.4 is 5.43 Å². The first-order chi connectivity index (χ1) is 10.6. The Balaban J connectivity index is 1.71. The van der Waals surface area contributed by atoms with Gasteiger partial charge in [0, 0.05) is 13.2 Å².